The highest BCUT2D eigenvalue weighted by Crippen LogP contribution is 2.23. The van der Waals surface area contributed by atoms with Crippen molar-refractivity contribution in [2.45, 2.75) is 6.04 Å². The summed E-state index contributed by atoms with van der Waals surface area (Å²) in [7, 11) is 0. The molecule has 19 heavy (non-hydrogen) atoms. The number of carboxylic acid groups (broad SMARTS) is 1. The molecule has 100 valence electrons. The van der Waals surface area contributed by atoms with E-state index in [2.05, 4.69) is 5.32 Å². The second-order valence-electron chi connectivity index (χ2n) is 3.87. The molecule has 0 aromatic heterocycles. The maximum atomic E-state index is 13.1. The summed E-state index contributed by atoms with van der Waals surface area (Å²) >= 11 is 0. The molecule has 0 bridgehead atoms. The third kappa shape index (κ3) is 2.37. The molecule has 0 spiro atoms. The van der Waals surface area contributed by atoms with Crippen LogP contribution in [-0.4, -0.2) is 34.5 Å². The molecule has 0 aliphatic carbocycles. The van der Waals surface area contributed by atoms with E-state index in [-0.39, 0.29) is 5.56 Å². The van der Waals surface area contributed by atoms with Crippen molar-refractivity contribution in [1.82, 2.24) is 10.2 Å². The van der Waals surface area contributed by atoms with Gasteiger partial charge < -0.3 is 10.4 Å². The summed E-state index contributed by atoms with van der Waals surface area (Å²) in [6.45, 7) is -0.787. The first-order valence-electron chi connectivity index (χ1n) is 5.18. The van der Waals surface area contributed by atoms with Gasteiger partial charge in [-0.3, -0.25) is 14.5 Å². The van der Waals surface area contributed by atoms with Crippen molar-refractivity contribution in [3.63, 3.8) is 0 Å². The van der Waals surface area contributed by atoms with Crippen LogP contribution in [0.1, 0.15) is 11.6 Å². The Morgan fingerprint density at radius 1 is 1.32 bits per heavy atom. The Kier molecular flexibility index (Phi) is 3.16. The van der Waals surface area contributed by atoms with Crippen LogP contribution in [0.2, 0.25) is 0 Å². The van der Waals surface area contributed by atoms with Gasteiger partial charge in [0.1, 0.15) is 12.6 Å². The predicted molar refractivity (Wildman–Crippen MR) is 57.0 cm³/mol. The number of imide groups is 1. The first-order chi connectivity index (χ1) is 8.90. The van der Waals surface area contributed by atoms with Crippen LogP contribution >= 0.6 is 0 Å². The summed E-state index contributed by atoms with van der Waals surface area (Å²) in [6.07, 6.45) is 0. The van der Waals surface area contributed by atoms with E-state index in [1.807, 2.05) is 0 Å². The molecule has 1 aliphatic rings. The Morgan fingerprint density at radius 3 is 2.58 bits per heavy atom. The number of urea groups is 1. The summed E-state index contributed by atoms with van der Waals surface area (Å²) in [5.74, 6) is -4.41. The van der Waals surface area contributed by atoms with E-state index in [0.29, 0.717) is 4.90 Å². The van der Waals surface area contributed by atoms with Crippen LogP contribution in [0.15, 0.2) is 18.2 Å². The van der Waals surface area contributed by atoms with E-state index in [9.17, 15) is 23.2 Å². The van der Waals surface area contributed by atoms with E-state index >= 15 is 0 Å². The molecule has 6 nitrogen and oxygen atoms in total. The van der Waals surface area contributed by atoms with Crippen LogP contribution in [0.25, 0.3) is 0 Å². The van der Waals surface area contributed by atoms with E-state index in [1.54, 1.807) is 0 Å². The average molecular weight is 270 g/mol. The van der Waals surface area contributed by atoms with Crippen LogP contribution in [0, 0.1) is 11.6 Å². The lowest BCUT2D eigenvalue weighted by molar-refractivity contribution is -0.141. The number of aliphatic carboxylic acids is 1. The largest absolute Gasteiger partial charge is 0.480 e. The van der Waals surface area contributed by atoms with Gasteiger partial charge in [-0.2, -0.15) is 0 Å². The van der Waals surface area contributed by atoms with Crippen LogP contribution in [0.5, 0.6) is 0 Å². The second-order valence-corrected chi connectivity index (χ2v) is 3.87. The Balaban J connectivity index is 2.27. The number of carbonyl (C=O) groups excluding carboxylic acids is 2. The third-order valence-electron chi connectivity index (χ3n) is 2.60. The lowest BCUT2D eigenvalue weighted by atomic mass is 10.1. The molecule has 1 fully saturated rings. The number of benzene rings is 1. The van der Waals surface area contributed by atoms with Crippen molar-refractivity contribution in [2.75, 3.05) is 6.54 Å². The number of halogens is 2. The van der Waals surface area contributed by atoms with Gasteiger partial charge in [-0.15, -0.1) is 0 Å². The van der Waals surface area contributed by atoms with Gasteiger partial charge in [0, 0.05) is 0 Å². The summed E-state index contributed by atoms with van der Waals surface area (Å²) in [6, 6.07) is 0.655. The van der Waals surface area contributed by atoms with Crippen molar-refractivity contribution < 1.29 is 28.3 Å². The number of carbonyl (C=O) groups is 3. The SMILES string of the molecule is O=C(O)CN1C(=O)NC(c2ccc(F)c(F)c2)C1=O. The summed E-state index contributed by atoms with van der Waals surface area (Å²) in [4.78, 5) is 34.2. The summed E-state index contributed by atoms with van der Waals surface area (Å²) in [5, 5.41) is 10.8. The molecule has 8 heteroatoms. The molecular weight excluding hydrogens is 262 g/mol. The van der Waals surface area contributed by atoms with Gasteiger partial charge in [0.2, 0.25) is 0 Å². The molecule has 2 N–H and O–H groups in total. The molecular formula is C11H8F2N2O4. The van der Waals surface area contributed by atoms with Crippen molar-refractivity contribution in [1.29, 1.82) is 0 Å². The molecule has 1 heterocycles. The number of hydrogen-bond donors (Lipinski definition) is 2. The summed E-state index contributed by atoms with van der Waals surface area (Å²) < 4.78 is 25.8. The molecule has 1 aromatic rings. The number of nitrogens with zero attached hydrogens (tertiary/aromatic N) is 1. The average Bonchev–Trinajstić information content (AvgIpc) is 2.60. The van der Waals surface area contributed by atoms with E-state index in [1.165, 1.54) is 0 Å². The highest BCUT2D eigenvalue weighted by Gasteiger charge is 2.40. The first-order valence-corrected chi connectivity index (χ1v) is 5.18. The number of hydrogen-bond acceptors (Lipinski definition) is 3. The standard InChI is InChI=1S/C11H8F2N2O4/c12-6-2-1-5(3-7(6)13)9-10(18)15(4-8(16)17)11(19)14-9/h1-3,9H,4H2,(H,14,19)(H,16,17). The fraction of sp³-hybridized carbons (Fsp3) is 0.182. The molecule has 1 atom stereocenters. The zero-order chi connectivity index (χ0) is 14.2. The minimum atomic E-state index is -1.35. The smallest absolute Gasteiger partial charge is 0.325 e. The molecule has 1 aromatic carbocycles. The zero-order valence-corrected chi connectivity index (χ0v) is 9.39. The first kappa shape index (κ1) is 12.9. The molecule has 2 rings (SSSR count). The van der Waals surface area contributed by atoms with E-state index in [4.69, 9.17) is 5.11 Å². The quantitative estimate of drug-likeness (QED) is 0.789. The zero-order valence-electron chi connectivity index (χ0n) is 9.39. The number of rotatable bonds is 3. The maximum Gasteiger partial charge on any atom is 0.325 e. The predicted octanol–water partition coefficient (Wildman–Crippen LogP) is 0.642. The van der Waals surface area contributed by atoms with Crippen molar-refractivity contribution in [2.24, 2.45) is 0 Å². The third-order valence-corrected chi connectivity index (χ3v) is 2.60. The highest BCUT2D eigenvalue weighted by molar-refractivity contribution is 6.06. The van der Waals surface area contributed by atoms with Crippen LogP contribution in [0.3, 0.4) is 0 Å². The van der Waals surface area contributed by atoms with Gasteiger partial charge >= 0.3 is 12.0 Å². The molecule has 1 saturated heterocycles. The van der Waals surface area contributed by atoms with Gasteiger partial charge in [-0.25, -0.2) is 13.6 Å². The molecule has 1 unspecified atom stereocenters. The Bertz CT molecular complexity index is 576. The number of amides is 3. The van der Waals surface area contributed by atoms with Crippen molar-refractivity contribution in [3.05, 3.63) is 35.4 Å². The van der Waals surface area contributed by atoms with Crippen LogP contribution in [-0.2, 0) is 9.59 Å². The second kappa shape index (κ2) is 4.63. The lowest BCUT2D eigenvalue weighted by Crippen LogP contribution is -2.35. The molecule has 0 radical (unpaired) electrons. The molecule has 3 amide bonds. The van der Waals surface area contributed by atoms with Gasteiger partial charge in [0.25, 0.3) is 5.91 Å². The molecule has 1 aliphatic heterocycles. The van der Waals surface area contributed by atoms with E-state index < -0.39 is 42.1 Å². The topological polar surface area (TPSA) is 86.7 Å². The maximum absolute atomic E-state index is 13.1. The fourth-order valence-electron chi connectivity index (χ4n) is 1.72. The van der Waals surface area contributed by atoms with Gasteiger partial charge in [-0.1, -0.05) is 6.07 Å². The Labute approximate surface area is 105 Å². The normalized spacial score (nSPS) is 18.6. The van der Waals surface area contributed by atoms with Gasteiger partial charge in [0.05, 0.1) is 0 Å². The minimum Gasteiger partial charge on any atom is -0.480 e. The fourth-order valence-corrected chi connectivity index (χ4v) is 1.72. The molecule has 0 saturated carbocycles. The van der Waals surface area contributed by atoms with Crippen molar-refractivity contribution >= 4 is 17.9 Å². The van der Waals surface area contributed by atoms with Crippen LogP contribution < -0.4 is 5.32 Å². The monoisotopic (exact) mass is 270 g/mol. The van der Waals surface area contributed by atoms with Crippen molar-refractivity contribution in [3.8, 4) is 0 Å². The number of nitrogens with one attached hydrogen (secondary N) is 1. The van der Waals surface area contributed by atoms with Gasteiger partial charge in [0.15, 0.2) is 11.6 Å². The van der Waals surface area contributed by atoms with E-state index in [0.717, 1.165) is 18.2 Å². The van der Waals surface area contributed by atoms with Crippen LogP contribution in [0.4, 0.5) is 13.6 Å². The minimum absolute atomic E-state index is 0.0464. The summed E-state index contributed by atoms with van der Waals surface area (Å²) in [5.41, 5.74) is 0.0464. The number of carboxylic acids is 1. The highest BCUT2D eigenvalue weighted by atomic mass is 19.2. The Morgan fingerprint density at radius 2 is 2.00 bits per heavy atom. The Hall–Kier alpha value is -2.51. The lowest BCUT2D eigenvalue weighted by Gasteiger charge is -2.10. The van der Waals surface area contributed by atoms with Gasteiger partial charge in [-0.05, 0) is 17.7 Å².